The summed E-state index contributed by atoms with van der Waals surface area (Å²) in [6.07, 6.45) is 3.72. The van der Waals surface area contributed by atoms with Gasteiger partial charge in [-0.1, -0.05) is 0 Å². The van der Waals surface area contributed by atoms with Crippen LogP contribution >= 0.6 is 0 Å². The highest BCUT2D eigenvalue weighted by Gasteiger charge is 2.47. The first-order valence-electron chi connectivity index (χ1n) is 9.80. The second-order valence-electron chi connectivity index (χ2n) is 8.48. The fraction of sp³-hybridized carbons (Fsp3) is 0.450. The van der Waals surface area contributed by atoms with Crippen molar-refractivity contribution >= 4 is 29.1 Å². The number of ether oxygens (including phenoxy) is 1. The van der Waals surface area contributed by atoms with E-state index in [-0.39, 0.29) is 29.7 Å². The largest absolute Gasteiger partial charge is 0.444 e. The highest BCUT2D eigenvalue weighted by Crippen LogP contribution is 2.37. The van der Waals surface area contributed by atoms with E-state index < -0.39 is 10.5 Å². The maximum atomic E-state index is 12.5. The normalized spacial score (nSPS) is 20.4. The zero-order valence-electron chi connectivity index (χ0n) is 17.1. The van der Waals surface area contributed by atoms with Crippen LogP contribution in [0.4, 0.5) is 27.8 Å². The first-order valence-corrected chi connectivity index (χ1v) is 9.80. The first-order chi connectivity index (χ1) is 14.2. The number of carbonyl (C=O) groups is 1. The molecule has 0 radical (unpaired) electrons. The van der Waals surface area contributed by atoms with Crippen LogP contribution in [-0.4, -0.2) is 56.7 Å². The number of nitrogens with one attached hydrogen (secondary N) is 1. The Kier molecular flexibility index (Phi) is 4.92. The van der Waals surface area contributed by atoms with Crippen molar-refractivity contribution in [1.82, 2.24) is 14.9 Å². The van der Waals surface area contributed by atoms with Gasteiger partial charge in [0.2, 0.25) is 5.82 Å². The Bertz CT molecular complexity index is 962. The summed E-state index contributed by atoms with van der Waals surface area (Å²) >= 11 is 0. The highest BCUT2D eigenvalue weighted by atomic mass is 16.6. The SMILES string of the molecule is CC(C)(C)OC(=O)N1C[C@@H]2C[C@H]1CN2c1ccc([N+](=O)[O-])c(Nc2ccncc2)n1. The standard InChI is InChI=1S/C20H24N6O4/c1-20(2,3)30-19(27)25-12-14-10-15(25)11-24(14)17-5-4-16(26(28)29)18(23-17)22-13-6-8-21-9-7-13/h4-9,14-15H,10-12H2,1-3H3,(H,21,22,23)/t14-,15-/m0/s1. The average Bonchev–Trinajstić information content (AvgIpc) is 3.28. The number of aromatic nitrogens is 2. The van der Waals surface area contributed by atoms with Crippen LogP contribution in [0, 0.1) is 10.1 Å². The van der Waals surface area contributed by atoms with E-state index in [0.29, 0.717) is 24.6 Å². The van der Waals surface area contributed by atoms with Gasteiger partial charge in [-0.2, -0.15) is 0 Å². The van der Waals surface area contributed by atoms with Crippen molar-refractivity contribution in [2.24, 2.45) is 0 Å². The van der Waals surface area contributed by atoms with Crippen LogP contribution in [0.3, 0.4) is 0 Å². The lowest BCUT2D eigenvalue weighted by Gasteiger charge is -2.35. The van der Waals surface area contributed by atoms with Gasteiger partial charge in [0, 0.05) is 37.2 Å². The summed E-state index contributed by atoms with van der Waals surface area (Å²) in [6.45, 7) is 6.71. The average molecular weight is 412 g/mol. The molecule has 2 bridgehead atoms. The zero-order chi connectivity index (χ0) is 21.5. The fourth-order valence-corrected chi connectivity index (χ4v) is 3.90. The molecule has 158 valence electrons. The van der Waals surface area contributed by atoms with Crippen LogP contribution in [0.2, 0.25) is 0 Å². The monoisotopic (exact) mass is 412 g/mol. The molecule has 30 heavy (non-hydrogen) atoms. The van der Waals surface area contributed by atoms with E-state index in [2.05, 4.69) is 20.2 Å². The summed E-state index contributed by atoms with van der Waals surface area (Å²) in [5.74, 6) is 0.823. The van der Waals surface area contributed by atoms with E-state index in [1.807, 2.05) is 20.8 Å². The summed E-state index contributed by atoms with van der Waals surface area (Å²) < 4.78 is 5.51. The number of pyridine rings is 2. The maximum Gasteiger partial charge on any atom is 0.410 e. The van der Waals surface area contributed by atoms with Crippen molar-refractivity contribution in [3.63, 3.8) is 0 Å². The molecular formula is C20H24N6O4. The Balaban J connectivity index is 1.53. The van der Waals surface area contributed by atoms with Crippen molar-refractivity contribution in [2.75, 3.05) is 23.3 Å². The minimum atomic E-state index is -0.536. The number of nitro groups is 1. The lowest BCUT2D eigenvalue weighted by Crippen LogP contribution is -2.50. The van der Waals surface area contributed by atoms with Crippen molar-refractivity contribution in [3.8, 4) is 0 Å². The van der Waals surface area contributed by atoms with E-state index >= 15 is 0 Å². The van der Waals surface area contributed by atoms with Crippen LogP contribution in [0.1, 0.15) is 27.2 Å². The number of rotatable bonds is 4. The van der Waals surface area contributed by atoms with Gasteiger partial charge in [0.25, 0.3) is 0 Å². The lowest BCUT2D eigenvalue weighted by molar-refractivity contribution is -0.384. The molecule has 0 unspecified atom stereocenters. The van der Waals surface area contributed by atoms with E-state index in [4.69, 9.17) is 4.74 Å². The van der Waals surface area contributed by atoms with Crippen LogP contribution in [0.15, 0.2) is 36.7 Å². The van der Waals surface area contributed by atoms with Crippen LogP contribution in [0.5, 0.6) is 0 Å². The molecule has 2 fully saturated rings. The molecule has 1 N–H and O–H groups in total. The molecule has 2 aromatic heterocycles. The minimum Gasteiger partial charge on any atom is -0.444 e. The quantitative estimate of drug-likeness (QED) is 0.601. The molecule has 4 heterocycles. The third-order valence-electron chi connectivity index (χ3n) is 5.16. The molecule has 1 amide bonds. The number of hydrogen-bond donors (Lipinski definition) is 1. The van der Waals surface area contributed by atoms with Gasteiger partial charge < -0.3 is 19.9 Å². The summed E-state index contributed by atoms with van der Waals surface area (Å²) in [5, 5.41) is 14.5. The Morgan fingerprint density at radius 1 is 1.20 bits per heavy atom. The molecule has 0 aliphatic carbocycles. The maximum absolute atomic E-state index is 12.5. The van der Waals surface area contributed by atoms with Crippen molar-refractivity contribution in [1.29, 1.82) is 0 Å². The van der Waals surface area contributed by atoms with Crippen LogP contribution in [0.25, 0.3) is 0 Å². The van der Waals surface area contributed by atoms with Crippen molar-refractivity contribution in [3.05, 3.63) is 46.8 Å². The van der Waals surface area contributed by atoms with Gasteiger partial charge in [0.05, 0.1) is 17.0 Å². The Labute approximate surface area is 174 Å². The van der Waals surface area contributed by atoms with Gasteiger partial charge in [0.1, 0.15) is 11.4 Å². The number of likely N-dealkylation sites (tertiary alicyclic amines) is 1. The minimum absolute atomic E-state index is 0.0402. The second kappa shape index (κ2) is 7.43. The predicted octanol–water partition coefficient (Wildman–Crippen LogP) is 3.33. The van der Waals surface area contributed by atoms with Crippen molar-refractivity contribution in [2.45, 2.75) is 44.9 Å². The number of amides is 1. The summed E-state index contributed by atoms with van der Waals surface area (Å²) in [4.78, 5) is 35.8. The van der Waals surface area contributed by atoms with Crippen LogP contribution in [-0.2, 0) is 4.74 Å². The molecule has 0 saturated carbocycles. The second-order valence-corrected chi connectivity index (χ2v) is 8.48. The Morgan fingerprint density at radius 3 is 2.53 bits per heavy atom. The van der Waals surface area contributed by atoms with Gasteiger partial charge in [-0.3, -0.25) is 15.1 Å². The van der Waals surface area contributed by atoms with Gasteiger partial charge in [0.15, 0.2) is 0 Å². The van der Waals surface area contributed by atoms with Gasteiger partial charge in [-0.05, 0) is 45.4 Å². The zero-order valence-corrected chi connectivity index (χ0v) is 17.1. The Morgan fingerprint density at radius 2 is 1.93 bits per heavy atom. The number of anilines is 3. The van der Waals surface area contributed by atoms with Gasteiger partial charge >= 0.3 is 11.8 Å². The number of fused-ring (bicyclic) bond motifs is 2. The summed E-state index contributed by atoms with van der Waals surface area (Å²) in [6, 6.07) is 6.70. The van der Waals surface area contributed by atoms with E-state index in [9.17, 15) is 14.9 Å². The smallest absolute Gasteiger partial charge is 0.410 e. The molecule has 0 aromatic carbocycles. The fourth-order valence-electron chi connectivity index (χ4n) is 3.90. The number of piperazine rings is 1. The molecule has 2 atom stereocenters. The third-order valence-corrected chi connectivity index (χ3v) is 5.16. The van der Waals surface area contributed by atoms with Crippen molar-refractivity contribution < 1.29 is 14.5 Å². The molecule has 10 nitrogen and oxygen atoms in total. The van der Waals surface area contributed by atoms with Crippen LogP contribution < -0.4 is 10.2 Å². The van der Waals surface area contributed by atoms with E-state index in [1.54, 1.807) is 35.5 Å². The predicted molar refractivity (Wildman–Crippen MR) is 111 cm³/mol. The molecule has 2 saturated heterocycles. The first kappa shape index (κ1) is 19.9. The molecule has 2 aliphatic rings. The summed E-state index contributed by atoms with van der Waals surface area (Å²) in [5.41, 5.74) is 0.0265. The molecule has 4 rings (SSSR count). The number of hydrogen-bond acceptors (Lipinski definition) is 8. The van der Waals surface area contributed by atoms with Gasteiger partial charge in [-0.25, -0.2) is 9.78 Å². The summed E-state index contributed by atoms with van der Waals surface area (Å²) in [7, 11) is 0. The lowest BCUT2D eigenvalue weighted by atomic mass is 10.2. The molecule has 2 aromatic rings. The van der Waals surface area contributed by atoms with E-state index in [0.717, 1.165) is 6.42 Å². The number of carbonyl (C=O) groups excluding carboxylic acids is 1. The molecular weight excluding hydrogens is 388 g/mol. The molecule has 0 spiro atoms. The molecule has 2 aliphatic heterocycles. The van der Waals surface area contributed by atoms with E-state index in [1.165, 1.54) is 6.07 Å². The topological polar surface area (TPSA) is 114 Å². The third kappa shape index (κ3) is 3.98. The van der Waals surface area contributed by atoms with Gasteiger partial charge in [-0.15, -0.1) is 0 Å². The Hall–Kier alpha value is -3.43. The number of nitrogens with zero attached hydrogens (tertiary/aromatic N) is 5. The highest BCUT2D eigenvalue weighted by molar-refractivity contribution is 5.71. The molecule has 10 heteroatoms.